The number of nitrogens with one attached hydrogen (secondary N) is 1. The van der Waals surface area contributed by atoms with E-state index in [2.05, 4.69) is 9.97 Å². The Morgan fingerprint density at radius 3 is 2.89 bits per heavy atom. The molecule has 4 rings (SSSR count). The molecule has 0 atom stereocenters. The Morgan fingerprint density at radius 2 is 2.15 bits per heavy atom. The molecule has 0 unspecified atom stereocenters. The molecule has 0 saturated heterocycles. The van der Waals surface area contributed by atoms with E-state index in [4.69, 9.17) is 0 Å². The van der Waals surface area contributed by atoms with Crippen LogP contribution in [-0.2, 0) is 19.0 Å². The molecule has 1 aromatic carbocycles. The van der Waals surface area contributed by atoms with Crippen LogP contribution < -0.4 is 5.56 Å². The maximum atomic E-state index is 12.9. The standard InChI is InChI=1S/C19H15F3N2OS2/c1-26-14(9-10-4-2-5-11(8-10)19(20,21)22)16-23-17(25)15-12-6-3-7-13(12)27-18(15)24-16/h2,4-5,8-9H,3,6-7H2,1H3,(H,23,24,25)/b14-9-. The van der Waals surface area contributed by atoms with Gasteiger partial charge in [0, 0.05) is 4.88 Å². The van der Waals surface area contributed by atoms with Crippen molar-refractivity contribution in [1.82, 2.24) is 9.97 Å². The number of halogens is 3. The number of hydrogen-bond donors (Lipinski definition) is 1. The van der Waals surface area contributed by atoms with Crippen LogP contribution in [0.4, 0.5) is 13.2 Å². The molecule has 0 aliphatic heterocycles. The minimum Gasteiger partial charge on any atom is -0.305 e. The highest BCUT2D eigenvalue weighted by atomic mass is 32.2. The molecule has 1 N–H and O–H groups in total. The maximum Gasteiger partial charge on any atom is 0.416 e. The van der Waals surface area contributed by atoms with Crippen molar-refractivity contribution < 1.29 is 13.2 Å². The number of aryl methyl sites for hydroxylation is 2. The van der Waals surface area contributed by atoms with Crippen molar-refractivity contribution in [1.29, 1.82) is 0 Å². The summed E-state index contributed by atoms with van der Waals surface area (Å²) in [6, 6.07) is 5.10. The molecule has 0 spiro atoms. The van der Waals surface area contributed by atoms with E-state index >= 15 is 0 Å². The first kappa shape index (κ1) is 18.3. The van der Waals surface area contributed by atoms with Gasteiger partial charge in [0.1, 0.15) is 10.7 Å². The third kappa shape index (κ3) is 3.43. The van der Waals surface area contributed by atoms with E-state index in [0.29, 0.717) is 26.5 Å². The molecular weight excluding hydrogens is 393 g/mol. The highest BCUT2D eigenvalue weighted by Gasteiger charge is 2.30. The fourth-order valence-electron chi connectivity index (χ4n) is 3.30. The Morgan fingerprint density at radius 1 is 1.33 bits per heavy atom. The number of nitrogens with zero attached hydrogens (tertiary/aromatic N) is 1. The van der Waals surface area contributed by atoms with Crippen molar-refractivity contribution in [3.05, 3.63) is 62.0 Å². The van der Waals surface area contributed by atoms with Gasteiger partial charge in [0.15, 0.2) is 0 Å². The summed E-state index contributed by atoms with van der Waals surface area (Å²) in [6.07, 6.45) is 1.95. The average Bonchev–Trinajstić information content (AvgIpc) is 3.19. The zero-order valence-corrected chi connectivity index (χ0v) is 15.9. The van der Waals surface area contributed by atoms with Gasteiger partial charge in [-0.15, -0.1) is 23.1 Å². The molecule has 0 fully saturated rings. The predicted molar refractivity (Wildman–Crippen MR) is 105 cm³/mol. The summed E-state index contributed by atoms with van der Waals surface area (Å²) < 4.78 is 38.8. The number of alkyl halides is 3. The van der Waals surface area contributed by atoms with E-state index in [1.807, 2.05) is 0 Å². The Balaban J connectivity index is 1.79. The van der Waals surface area contributed by atoms with Gasteiger partial charge >= 0.3 is 6.18 Å². The molecule has 27 heavy (non-hydrogen) atoms. The molecule has 1 aliphatic rings. The Bertz CT molecular complexity index is 1110. The molecule has 1 aliphatic carbocycles. The van der Waals surface area contributed by atoms with Gasteiger partial charge in [0.2, 0.25) is 0 Å². The lowest BCUT2D eigenvalue weighted by Crippen LogP contribution is -2.11. The van der Waals surface area contributed by atoms with Crippen molar-refractivity contribution in [2.45, 2.75) is 25.4 Å². The van der Waals surface area contributed by atoms with Gasteiger partial charge in [-0.1, -0.05) is 12.1 Å². The number of aromatic amines is 1. The van der Waals surface area contributed by atoms with Crippen LogP contribution in [-0.4, -0.2) is 16.2 Å². The lowest BCUT2D eigenvalue weighted by molar-refractivity contribution is -0.137. The Hall–Kier alpha value is -2.06. The van der Waals surface area contributed by atoms with Crippen LogP contribution in [0, 0.1) is 0 Å². The fourth-order valence-corrected chi connectivity index (χ4v) is 5.11. The van der Waals surface area contributed by atoms with Crippen LogP contribution in [0.2, 0.25) is 0 Å². The summed E-state index contributed by atoms with van der Waals surface area (Å²) in [6.45, 7) is 0. The van der Waals surface area contributed by atoms with Crippen molar-refractivity contribution in [3.8, 4) is 0 Å². The first-order valence-electron chi connectivity index (χ1n) is 8.34. The van der Waals surface area contributed by atoms with Gasteiger partial charge in [-0.25, -0.2) is 4.98 Å². The third-order valence-corrected chi connectivity index (χ3v) is 6.48. The average molecular weight is 408 g/mol. The first-order chi connectivity index (χ1) is 12.9. The van der Waals surface area contributed by atoms with Gasteiger partial charge in [0.25, 0.3) is 5.56 Å². The minimum absolute atomic E-state index is 0.182. The molecule has 0 amide bonds. The van der Waals surface area contributed by atoms with Crippen molar-refractivity contribution in [2.75, 3.05) is 6.26 Å². The van der Waals surface area contributed by atoms with E-state index in [0.717, 1.165) is 37.0 Å². The summed E-state index contributed by atoms with van der Waals surface area (Å²) in [7, 11) is 0. The van der Waals surface area contributed by atoms with Crippen LogP contribution in [0.15, 0.2) is 29.1 Å². The lowest BCUT2D eigenvalue weighted by atomic mass is 10.1. The lowest BCUT2D eigenvalue weighted by Gasteiger charge is -2.08. The summed E-state index contributed by atoms with van der Waals surface area (Å²) in [4.78, 5) is 22.5. The highest BCUT2D eigenvalue weighted by molar-refractivity contribution is 8.07. The quantitative estimate of drug-likeness (QED) is 0.635. The second-order valence-corrected chi connectivity index (χ2v) is 8.22. The van der Waals surface area contributed by atoms with Gasteiger partial charge in [-0.2, -0.15) is 13.2 Å². The van der Waals surface area contributed by atoms with Crippen molar-refractivity contribution in [3.63, 3.8) is 0 Å². The molecule has 140 valence electrons. The topological polar surface area (TPSA) is 45.8 Å². The molecular formula is C19H15F3N2OS2. The van der Waals surface area contributed by atoms with E-state index < -0.39 is 11.7 Å². The molecule has 0 radical (unpaired) electrons. The summed E-state index contributed by atoms with van der Waals surface area (Å²) in [5, 5.41) is 0.663. The number of rotatable bonds is 3. The number of benzene rings is 1. The monoisotopic (exact) mass is 408 g/mol. The SMILES string of the molecule is CS/C(=C\c1cccc(C(F)(F)F)c1)c1nc2sc3c(c2c(=O)[nH]1)CCC3. The van der Waals surface area contributed by atoms with Crippen LogP contribution in [0.3, 0.4) is 0 Å². The van der Waals surface area contributed by atoms with Gasteiger partial charge in [-0.05, 0) is 54.9 Å². The van der Waals surface area contributed by atoms with Gasteiger partial charge in [-0.3, -0.25) is 4.79 Å². The van der Waals surface area contributed by atoms with Crippen LogP contribution in [0.5, 0.6) is 0 Å². The van der Waals surface area contributed by atoms with Crippen LogP contribution in [0.1, 0.15) is 33.8 Å². The molecule has 8 heteroatoms. The van der Waals surface area contributed by atoms with Gasteiger partial charge in [0.05, 0.1) is 15.9 Å². The Kier molecular flexibility index (Phi) is 4.63. The summed E-state index contributed by atoms with van der Waals surface area (Å²) in [5.41, 5.74) is 0.620. The minimum atomic E-state index is -4.40. The third-order valence-electron chi connectivity index (χ3n) is 4.54. The number of aromatic nitrogens is 2. The molecule has 3 nitrogen and oxygen atoms in total. The first-order valence-corrected chi connectivity index (χ1v) is 10.4. The zero-order valence-electron chi connectivity index (χ0n) is 14.3. The molecule has 2 heterocycles. The fraction of sp³-hybridized carbons (Fsp3) is 0.263. The Labute approximate surface area is 161 Å². The van der Waals surface area contributed by atoms with Crippen LogP contribution >= 0.6 is 23.1 Å². The second kappa shape index (κ2) is 6.83. The number of thiophene rings is 1. The number of hydrogen-bond acceptors (Lipinski definition) is 4. The van der Waals surface area contributed by atoms with E-state index in [9.17, 15) is 18.0 Å². The van der Waals surface area contributed by atoms with Crippen molar-refractivity contribution in [2.24, 2.45) is 0 Å². The number of fused-ring (bicyclic) bond motifs is 3. The van der Waals surface area contributed by atoms with E-state index in [1.54, 1.807) is 18.4 Å². The molecule has 3 aromatic rings. The molecule has 0 bridgehead atoms. The predicted octanol–water partition coefficient (Wildman–Crippen LogP) is 5.35. The highest BCUT2D eigenvalue weighted by Crippen LogP contribution is 2.36. The summed E-state index contributed by atoms with van der Waals surface area (Å²) >= 11 is 2.87. The number of thioether (sulfide) groups is 1. The van der Waals surface area contributed by atoms with Crippen LogP contribution in [0.25, 0.3) is 21.2 Å². The van der Waals surface area contributed by atoms with Gasteiger partial charge < -0.3 is 4.98 Å². The zero-order chi connectivity index (χ0) is 19.2. The smallest absolute Gasteiger partial charge is 0.305 e. The largest absolute Gasteiger partial charge is 0.416 e. The maximum absolute atomic E-state index is 12.9. The summed E-state index contributed by atoms with van der Waals surface area (Å²) in [5.74, 6) is 0.386. The normalized spacial score (nSPS) is 14.7. The second-order valence-electron chi connectivity index (χ2n) is 6.29. The molecule has 2 aromatic heterocycles. The van der Waals surface area contributed by atoms with Crippen molar-refractivity contribution >= 4 is 44.3 Å². The van der Waals surface area contributed by atoms with E-state index in [1.165, 1.54) is 34.0 Å². The van der Waals surface area contributed by atoms with E-state index in [-0.39, 0.29) is 5.56 Å². The number of H-pyrrole nitrogens is 1. The molecule has 0 saturated carbocycles.